The van der Waals surface area contributed by atoms with Gasteiger partial charge in [-0.1, -0.05) is 26.3 Å². The third-order valence-electron chi connectivity index (χ3n) is 2.92. The molecule has 0 bridgehead atoms. The molecule has 0 aromatic carbocycles. The van der Waals surface area contributed by atoms with Crippen LogP contribution in [-0.2, 0) is 13.9 Å². The normalized spacial score (nSPS) is 15.2. The average Bonchev–Trinajstić information content (AvgIpc) is 2.36. The number of aliphatic carboxylic acids is 1. The Morgan fingerprint density at radius 1 is 1.33 bits per heavy atom. The average molecular weight is 339 g/mol. The zero-order chi connectivity index (χ0) is 16.3. The third kappa shape index (κ3) is 10.1. The van der Waals surface area contributed by atoms with Crippen LogP contribution in [0.5, 0.6) is 0 Å². The fourth-order valence-corrected chi connectivity index (χ4v) is 5.01. The molecule has 21 heavy (non-hydrogen) atoms. The summed E-state index contributed by atoms with van der Waals surface area (Å²) in [5.41, 5.74) is 0.207. The van der Waals surface area contributed by atoms with Crippen molar-refractivity contribution >= 4 is 24.9 Å². The van der Waals surface area contributed by atoms with Gasteiger partial charge in [0.05, 0.1) is 12.8 Å². The van der Waals surface area contributed by atoms with Crippen molar-refractivity contribution in [3.63, 3.8) is 0 Å². The Morgan fingerprint density at radius 2 is 2.00 bits per heavy atom. The summed E-state index contributed by atoms with van der Waals surface area (Å²) in [4.78, 5) is 11.3. The number of carboxylic acid groups (broad SMARTS) is 1. The van der Waals surface area contributed by atoms with E-state index in [1.807, 2.05) is 13.8 Å². The van der Waals surface area contributed by atoms with E-state index in [1.165, 1.54) is 0 Å². The number of halogens is 1. The van der Waals surface area contributed by atoms with Crippen LogP contribution in [0.3, 0.4) is 0 Å². The SMILES string of the molecule is CCOP(=O)(C/C(=C/CCCCCCl)C(=O)O)CC(C)C. The molecule has 0 saturated carbocycles. The van der Waals surface area contributed by atoms with Gasteiger partial charge in [-0.3, -0.25) is 4.57 Å². The smallest absolute Gasteiger partial charge is 0.331 e. The van der Waals surface area contributed by atoms with Crippen LogP contribution in [-0.4, -0.2) is 35.9 Å². The molecule has 0 aliphatic carbocycles. The minimum Gasteiger partial charge on any atom is -0.478 e. The van der Waals surface area contributed by atoms with Crippen LogP contribution in [0, 0.1) is 5.92 Å². The fourth-order valence-electron chi connectivity index (χ4n) is 2.13. The van der Waals surface area contributed by atoms with Gasteiger partial charge in [-0.15, -0.1) is 11.6 Å². The van der Waals surface area contributed by atoms with E-state index < -0.39 is 13.3 Å². The zero-order valence-electron chi connectivity index (χ0n) is 13.3. The highest BCUT2D eigenvalue weighted by Crippen LogP contribution is 2.50. The van der Waals surface area contributed by atoms with Crippen LogP contribution in [0.25, 0.3) is 0 Å². The molecule has 1 atom stereocenters. The molecule has 0 aliphatic rings. The lowest BCUT2D eigenvalue weighted by Crippen LogP contribution is -2.11. The molecule has 0 aromatic heterocycles. The van der Waals surface area contributed by atoms with E-state index in [4.69, 9.17) is 16.1 Å². The summed E-state index contributed by atoms with van der Waals surface area (Å²) in [6, 6.07) is 0. The highest BCUT2D eigenvalue weighted by molar-refractivity contribution is 7.59. The van der Waals surface area contributed by atoms with Crippen molar-refractivity contribution in [2.45, 2.75) is 46.5 Å². The topological polar surface area (TPSA) is 63.6 Å². The van der Waals surface area contributed by atoms with Crippen molar-refractivity contribution in [1.82, 2.24) is 0 Å². The van der Waals surface area contributed by atoms with Crippen molar-refractivity contribution in [3.05, 3.63) is 11.6 Å². The van der Waals surface area contributed by atoms with Gasteiger partial charge < -0.3 is 9.63 Å². The molecule has 0 saturated heterocycles. The third-order valence-corrected chi connectivity index (χ3v) is 6.03. The van der Waals surface area contributed by atoms with Gasteiger partial charge in [0.2, 0.25) is 7.37 Å². The first-order valence-electron chi connectivity index (χ1n) is 7.55. The minimum atomic E-state index is -2.92. The van der Waals surface area contributed by atoms with E-state index in [0.717, 1.165) is 19.3 Å². The largest absolute Gasteiger partial charge is 0.478 e. The second kappa shape index (κ2) is 11.3. The fraction of sp³-hybridized carbons (Fsp3) is 0.800. The van der Waals surface area contributed by atoms with Gasteiger partial charge in [0, 0.05) is 17.6 Å². The van der Waals surface area contributed by atoms with E-state index in [0.29, 0.717) is 25.1 Å². The minimum absolute atomic E-state index is 0.0177. The Balaban J connectivity index is 4.74. The molecule has 0 aliphatic heterocycles. The first-order valence-corrected chi connectivity index (χ1v) is 10.1. The second-order valence-corrected chi connectivity index (χ2v) is 8.49. The van der Waals surface area contributed by atoms with Gasteiger partial charge in [0.1, 0.15) is 0 Å². The Morgan fingerprint density at radius 3 is 2.48 bits per heavy atom. The Bertz CT molecular complexity index is 380. The molecule has 0 spiro atoms. The van der Waals surface area contributed by atoms with E-state index in [2.05, 4.69) is 0 Å². The lowest BCUT2D eigenvalue weighted by Gasteiger charge is -2.20. The number of hydrogen-bond donors (Lipinski definition) is 1. The van der Waals surface area contributed by atoms with Crippen molar-refractivity contribution in [2.75, 3.05) is 24.8 Å². The molecule has 6 heteroatoms. The van der Waals surface area contributed by atoms with E-state index >= 15 is 0 Å². The summed E-state index contributed by atoms with van der Waals surface area (Å²) < 4.78 is 18.1. The van der Waals surface area contributed by atoms with Crippen molar-refractivity contribution in [3.8, 4) is 0 Å². The molecule has 0 fully saturated rings. The molecule has 1 N–H and O–H groups in total. The monoisotopic (exact) mass is 338 g/mol. The molecule has 0 aromatic rings. The summed E-state index contributed by atoms with van der Waals surface area (Å²) in [6.07, 6.45) is 5.59. The standard InChI is InChI=1S/C15H28ClO4P/c1-4-20-21(19,11-13(2)3)12-14(15(17)18)9-7-5-6-8-10-16/h9,13H,4-8,10-12H2,1-3H3,(H,17,18)/b14-9-. The van der Waals surface area contributed by atoms with Crippen LogP contribution in [0.15, 0.2) is 11.6 Å². The summed E-state index contributed by atoms with van der Waals surface area (Å²) >= 11 is 5.60. The second-order valence-electron chi connectivity index (χ2n) is 5.54. The molecule has 4 nitrogen and oxygen atoms in total. The van der Waals surface area contributed by atoms with E-state index in [-0.39, 0.29) is 17.7 Å². The van der Waals surface area contributed by atoms with Gasteiger partial charge in [0.15, 0.2) is 0 Å². The van der Waals surface area contributed by atoms with Gasteiger partial charge in [-0.05, 0) is 32.1 Å². The van der Waals surface area contributed by atoms with Gasteiger partial charge >= 0.3 is 5.97 Å². The lowest BCUT2D eigenvalue weighted by atomic mass is 10.1. The van der Waals surface area contributed by atoms with Crippen molar-refractivity contribution in [2.24, 2.45) is 5.92 Å². The molecule has 0 rings (SSSR count). The number of unbranched alkanes of at least 4 members (excludes halogenated alkanes) is 3. The summed E-state index contributed by atoms with van der Waals surface area (Å²) in [6.45, 7) is 6.04. The molecular weight excluding hydrogens is 311 g/mol. The number of allylic oxidation sites excluding steroid dienone is 1. The maximum absolute atomic E-state index is 12.7. The summed E-state index contributed by atoms with van der Waals surface area (Å²) in [5, 5.41) is 9.28. The number of rotatable bonds is 12. The first kappa shape index (κ1) is 20.7. The highest BCUT2D eigenvalue weighted by Gasteiger charge is 2.27. The lowest BCUT2D eigenvalue weighted by molar-refractivity contribution is -0.132. The molecular formula is C15H28ClO4P. The number of carboxylic acids is 1. The predicted octanol–water partition coefficient (Wildman–Crippen LogP) is 4.77. The first-order chi connectivity index (χ1) is 9.84. The number of alkyl halides is 1. The van der Waals surface area contributed by atoms with E-state index in [9.17, 15) is 14.5 Å². The molecule has 0 amide bonds. The Labute approximate surface area is 133 Å². The Kier molecular flexibility index (Phi) is 11.1. The van der Waals surface area contributed by atoms with Crippen LogP contribution in [0.2, 0.25) is 0 Å². The predicted molar refractivity (Wildman–Crippen MR) is 88.7 cm³/mol. The maximum Gasteiger partial charge on any atom is 0.331 e. The van der Waals surface area contributed by atoms with Crippen molar-refractivity contribution < 1.29 is 19.0 Å². The zero-order valence-corrected chi connectivity index (χ0v) is 15.0. The highest BCUT2D eigenvalue weighted by atomic mass is 35.5. The quantitative estimate of drug-likeness (QED) is 0.241. The molecule has 0 radical (unpaired) electrons. The Hall–Kier alpha value is -0.310. The van der Waals surface area contributed by atoms with Gasteiger partial charge in [0.25, 0.3) is 0 Å². The maximum atomic E-state index is 12.7. The molecule has 124 valence electrons. The summed E-state index contributed by atoms with van der Waals surface area (Å²) in [5.74, 6) is -0.166. The number of hydrogen-bond acceptors (Lipinski definition) is 3. The van der Waals surface area contributed by atoms with Crippen molar-refractivity contribution in [1.29, 1.82) is 0 Å². The van der Waals surface area contributed by atoms with Crippen LogP contribution < -0.4 is 0 Å². The summed E-state index contributed by atoms with van der Waals surface area (Å²) in [7, 11) is -2.92. The van der Waals surface area contributed by atoms with Crippen LogP contribution in [0.1, 0.15) is 46.5 Å². The van der Waals surface area contributed by atoms with Crippen LogP contribution in [0.4, 0.5) is 0 Å². The molecule has 0 heterocycles. The van der Waals surface area contributed by atoms with Gasteiger partial charge in [-0.2, -0.15) is 0 Å². The van der Waals surface area contributed by atoms with Crippen LogP contribution >= 0.6 is 19.0 Å². The number of carbonyl (C=O) groups is 1. The van der Waals surface area contributed by atoms with Gasteiger partial charge in [-0.25, -0.2) is 4.79 Å². The molecule has 1 unspecified atom stereocenters. The van der Waals surface area contributed by atoms with E-state index in [1.54, 1.807) is 13.0 Å².